The number of para-hydroxylation sites is 2. The second kappa shape index (κ2) is 7.96. The molecule has 0 aromatic heterocycles. The summed E-state index contributed by atoms with van der Waals surface area (Å²) >= 11 is 6.17. The van der Waals surface area contributed by atoms with Gasteiger partial charge in [-0.25, -0.2) is 4.99 Å². The summed E-state index contributed by atoms with van der Waals surface area (Å²) in [6.45, 7) is 0.298. The fraction of sp³-hybridized carbons (Fsp3) is 0.0909. The number of carbonyl (C=O) groups excluding carboxylic acids is 1. The van der Waals surface area contributed by atoms with Crippen molar-refractivity contribution in [1.82, 2.24) is 0 Å². The molecule has 0 spiro atoms. The van der Waals surface area contributed by atoms with Crippen molar-refractivity contribution in [2.75, 3.05) is 12.0 Å². The summed E-state index contributed by atoms with van der Waals surface area (Å²) in [6, 6.07) is 18.5. The van der Waals surface area contributed by atoms with Crippen LogP contribution in [0.2, 0.25) is 5.02 Å². The van der Waals surface area contributed by atoms with Crippen molar-refractivity contribution in [3.63, 3.8) is 0 Å². The number of amides is 1. The zero-order chi connectivity index (χ0) is 21.3. The molecule has 0 saturated carbocycles. The molecule has 0 radical (unpaired) electrons. The summed E-state index contributed by atoms with van der Waals surface area (Å²) in [5.41, 5.74) is 2.18. The van der Waals surface area contributed by atoms with E-state index >= 15 is 0 Å². The van der Waals surface area contributed by atoms with Crippen molar-refractivity contribution in [1.29, 1.82) is 0 Å². The molecule has 30 heavy (non-hydrogen) atoms. The van der Waals surface area contributed by atoms with Gasteiger partial charge >= 0.3 is 0 Å². The summed E-state index contributed by atoms with van der Waals surface area (Å²) in [5.74, 6) is 0.370. The average molecular weight is 422 g/mol. The van der Waals surface area contributed by atoms with Crippen LogP contribution in [-0.4, -0.2) is 23.7 Å². The molecule has 0 bridgehead atoms. The Morgan fingerprint density at radius 2 is 1.83 bits per heavy atom. The van der Waals surface area contributed by atoms with E-state index < -0.39 is 4.92 Å². The minimum Gasteiger partial charge on any atom is -0.497 e. The minimum absolute atomic E-state index is 0.123. The lowest BCUT2D eigenvalue weighted by molar-refractivity contribution is -0.384. The first kappa shape index (κ1) is 19.6. The van der Waals surface area contributed by atoms with Crippen LogP contribution in [0.4, 0.5) is 17.1 Å². The maximum absolute atomic E-state index is 13.2. The SMILES string of the molecule is COc1ccc(CN2C(=O)C(=Nc3ccccc3[N+](=O)[O-])c3ccc(Cl)cc32)cc1. The van der Waals surface area contributed by atoms with Crippen LogP contribution in [0.3, 0.4) is 0 Å². The second-order valence-electron chi connectivity index (χ2n) is 6.61. The number of anilines is 1. The quantitative estimate of drug-likeness (QED) is 0.432. The average Bonchev–Trinajstić information content (AvgIpc) is 2.99. The van der Waals surface area contributed by atoms with Crippen LogP contribution in [0.15, 0.2) is 71.7 Å². The normalized spacial score (nSPS) is 14.1. The van der Waals surface area contributed by atoms with E-state index in [-0.39, 0.29) is 23.0 Å². The molecule has 3 aromatic carbocycles. The van der Waals surface area contributed by atoms with Crippen LogP contribution in [-0.2, 0) is 11.3 Å². The van der Waals surface area contributed by atoms with Crippen molar-refractivity contribution in [3.8, 4) is 5.75 Å². The standard InChI is InChI=1S/C22H16ClN3O4/c1-30-16-9-6-14(7-10-16)13-25-20-12-15(23)8-11-17(20)21(22(25)27)24-18-4-2-3-5-19(18)26(28)29/h2-12H,13H2,1H3. The molecule has 0 unspecified atom stereocenters. The number of aliphatic imine (C=N–C) groups is 1. The number of methoxy groups -OCH3 is 1. The van der Waals surface area contributed by atoms with Crippen LogP contribution in [0, 0.1) is 10.1 Å². The molecule has 1 aliphatic rings. The lowest BCUT2D eigenvalue weighted by Crippen LogP contribution is -2.29. The Hall–Kier alpha value is -3.71. The highest BCUT2D eigenvalue weighted by Gasteiger charge is 2.34. The third-order valence-corrected chi connectivity index (χ3v) is 5.00. The number of hydrogen-bond donors (Lipinski definition) is 0. The first-order chi connectivity index (χ1) is 14.5. The van der Waals surface area contributed by atoms with Crippen molar-refractivity contribution >= 4 is 40.3 Å². The van der Waals surface area contributed by atoms with E-state index in [1.807, 2.05) is 24.3 Å². The molecule has 150 valence electrons. The van der Waals surface area contributed by atoms with Gasteiger partial charge in [0, 0.05) is 16.7 Å². The molecule has 4 rings (SSSR count). The van der Waals surface area contributed by atoms with Gasteiger partial charge in [0.25, 0.3) is 11.6 Å². The van der Waals surface area contributed by atoms with Gasteiger partial charge in [-0.2, -0.15) is 0 Å². The zero-order valence-corrected chi connectivity index (χ0v) is 16.7. The molecular formula is C22H16ClN3O4. The molecule has 7 nitrogen and oxygen atoms in total. The van der Waals surface area contributed by atoms with E-state index in [2.05, 4.69) is 4.99 Å². The van der Waals surface area contributed by atoms with Gasteiger partial charge in [0.15, 0.2) is 0 Å². The number of rotatable bonds is 5. The van der Waals surface area contributed by atoms with Crippen LogP contribution >= 0.6 is 11.6 Å². The van der Waals surface area contributed by atoms with Gasteiger partial charge < -0.3 is 9.64 Å². The second-order valence-corrected chi connectivity index (χ2v) is 7.04. The summed E-state index contributed by atoms with van der Waals surface area (Å²) in [4.78, 5) is 30.0. The van der Waals surface area contributed by atoms with Gasteiger partial charge in [0.05, 0.1) is 24.3 Å². The predicted octanol–water partition coefficient (Wildman–Crippen LogP) is 4.92. The monoisotopic (exact) mass is 421 g/mol. The highest BCUT2D eigenvalue weighted by Crippen LogP contribution is 2.36. The first-order valence-electron chi connectivity index (χ1n) is 9.05. The maximum Gasteiger partial charge on any atom is 0.294 e. The largest absolute Gasteiger partial charge is 0.497 e. The summed E-state index contributed by atoms with van der Waals surface area (Å²) in [7, 11) is 1.59. The van der Waals surface area contributed by atoms with Crippen LogP contribution in [0.25, 0.3) is 0 Å². The molecule has 0 saturated heterocycles. The summed E-state index contributed by atoms with van der Waals surface area (Å²) in [6.07, 6.45) is 0. The summed E-state index contributed by atoms with van der Waals surface area (Å²) < 4.78 is 5.17. The lowest BCUT2D eigenvalue weighted by Gasteiger charge is -2.17. The number of hydrogen-bond acceptors (Lipinski definition) is 5. The molecule has 1 aliphatic heterocycles. The number of benzene rings is 3. The third kappa shape index (κ3) is 3.62. The van der Waals surface area contributed by atoms with Crippen LogP contribution in [0.1, 0.15) is 11.1 Å². The van der Waals surface area contributed by atoms with E-state index in [9.17, 15) is 14.9 Å². The highest BCUT2D eigenvalue weighted by atomic mass is 35.5. The number of nitro benzene ring substituents is 1. The Labute approximate surface area is 177 Å². The number of nitro groups is 1. The van der Waals surface area contributed by atoms with Crippen molar-refractivity contribution in [2.45, 2.75) is 6.54 Å². The van der Waals surface area contributed by atoms with E-state index in [1.165, 1.54) is 12.1 Å². The molecule has 3 aromatic rings. The fourth-order valence-corrected chi connectivity index (χ4v) is 3.46. The minimum atomic E-state index is -0.517. The van der Waals surface area contributed by atoms with Crippen molar-refractivity contribution < 1.29 is 14.5 Å². The maximum atomic E-state index is 13.2. The Morgan fingerprint density at radius 1 is 1.10 bits per heavy atom. The molecule has 0 N–H and O–H groups in total. The highest BCUT2D eigenvalue weighted by molar-refractivity contribution is 6.55. The van der Waals surface area contributed by atoms with Gasteiger partial charge in [-0.1, -0.05) is 35.9 Å². The van der Waals surface area contributed by atoms with E-state index in [0.717, 1.165) is 5.56 Å². The first-order valence-corrected chi connectivity index (χ1v) is 9.42. The van der Waals surface area contributed by atoms with Gasteiger partial charge in [0.1, 0.15) is 17.1 Å². The molecule has 0 atom stereocenters. The Balaban J connectivity index is 1.77. The third-order valence-electron chi connectivity index (χ3n) is 4.76. The number of halogens is 1. The van der Waals surface area contributed by atoms with Gasteiger partial charge in [-0.05, 0) is 42.0 Å². The van der Waals surface area contributed by atoms with Crippen LogP contribution in [0.5, 0.6) is 5.75 Å². The molecule has 1 heterocycles. The predicted molar refractivity (Wildman–Crippen MR) is 115 cm³/mol. The molecule has 0 fully saturated rings. The smallest absolute Gasteiger partial charge is 0.294 e. The zero-order valence-electron chi connectivity index (χ0n) is 15.9. The number of carbonyl (C=O) groups is 1. The molecule has 1 amide bonds. The van der Waals surface area contributed by atoms with Gasteiger partial charge in [-0.15, -0.1) is 0 Å². The van der Waals surface area contributed by atoms with Crippen molar-refractivity contribution in [2.24, 2.45) is 4.99 Å². The van der Waals surface area contributed by atoms with Crippen molar-refractivity contribution in [3.05, 3.63) is 93.0 Å². The van der Waals surface area contributed by atoms with Crippen LogP contribution < -0.4 is 9.64 Å². The molecular weight excluding hydrogens is 406 g/mol. The van der Waals surface area contributed by atoms with E-state index in [0.29, 0.717) is 28.6 Å². The van der Waals surface area contributed by atoms with Gasteiger partial charge in [0.2, 0.25) is 0 Å². The Bertz CT molecular complexity index is 1180. The number of fused-ring (bicyclic) bond motifs is 1. The molecule has 8 heteroatoms. The summed E-state index contributed by atoms with van der Waals surface area (Å²) in [5, 5.41) is 11.8. The Kier molecular flexibility index (Phi) is 5.20. The van der Waals surface area contributed by atoms with E-state index in [4.69, 9.17) is 16.3 Å². The topological polar surface area (TPSA) is 85.0 Å². The lowest BCUT2D eigenvalue weighted by atomic mass is 10.1. The van der Waals surface area contributed by atoms with Gasteiger partial charge in [-0.3, -0.25) is 14.9 Å². The Morgan fingerprint density at radius 3 is 2.53 bits per heavy atom. The van der Waals surface area contributed by atoms with E-state index in [1.54, 1.807) is 42.3 Å². The number of ether oxygens (including phenoxy) is 1. The fourth-order valence-electron chi connectivity index (χ4n) is 3.29. The molecule has 0 aliphatic carbocycles. The number of nitrogens with zero attached hydrogens (tertiary/aromatic N) is 3.